The average molecular weight is 308 g/mol. The van der Waals surface area contributed by atoms with Gasteiger partial charge in [0.1, 0.15) is 17.8 Å². The molecule has 1 aromatic heterocycles. The maximum absolute atomic E-state index is 5.36. The monoisotopic (exact) mass is 308 g/mol. The highest BCUT2D eigenvalue weighted by Crippen LogP contribution is 2.23. The van der Waals surface area contributed by atoms with Gasteiger partial charge in [-0.05, 0) is 12.1 Å². The highest BCUT2D eigenvalue weighted by molar-refractivity contribution is 5.84. The molecule has 0 unspecified atom stereocenters. The summed E-state index contributed by atoms with van der Waals surface area (Å²) in [5.41, 5.74) is 1.78. The van der Waals surface area contributed by atoms with Crippen LogP contribution in [0.5, 0.6) is 11.5 Å². The van der Waals surface area contributed by atoms with Gasteiger partial charge in [-0.1, -0.05) is 30.3 Å². The quantitative estimate of drug-likeness (QED) is 0.680. The van der Waals surface area contributed by atoms with Crippen molar-refractivity contribution in [2.75, 3.05) is 14.2 Å². The number of ether oxygens (including phenoxy) is 2. The van der Waals surface area contributed by atoms with Gasteiger partial charge < -0.3 is 9.47 Å². The van der Waals surface area contributed by atoms with Crippen LogP contribution in [0, 0.1) is 0 Å². The third-order valence-corrected chi connectivity index (χ3v) is 3.32. The molecule has 23 heavy (non-hydrogen) atoms. The Balaban J connectivity index is 1.91. The Morgan fingerprint density at radius 3 is 2.61 bits per heavy atom. The van der Waals surface area contributed by atoms with Crippen LogP contribution >= 0.6 is 0 Å². The zero-order valence-corrected chi connectivity index (χ0v) is 12.9. The molecule has 0 atom stereocenters. The zero-order chi connectivity index (χ0) is 16.1. The van der Waals surface area contributed by atoms with Crippen molar-refractivity contribution in [3.05, 3.63) is 60.4 Å². The SMILES string of the molecule is COc1ccc(/C=N\n2cnnc2-c2ccccc2)c(OC)c1. The van der Waals surface area contributed by atoms with Crippen LogP contribution in [0.1, 0.15) is 5.56 Å². The lowest BCUT2D eigenvalue weighted by atomic mass is 10.2. The molecular weight excluding hydrogens is 292 g/mol. The van der Waals surface area contributed by atoms with E-state index in [1.54, 1.807) is 31.4 Å². The number of aromatic nitrogens is 3. The molecule has 0 amide bonds. The van der Waals surface area contributed by atoms with Crippen molar-refractivity contribution in [2.24, 2.45) is 5.10 Å². The molecule has 3 rings (SSSR count). The first-order chi connectivity index (χ1) is 11.3. The van der Waals surface area contributed by atoms with Crippen LogP contribution in [0.3, 0.4) is 0 Å². The van der Waals surface area contributed by atoms with E-state index in [-0.39, 0.29) is 0 Å². The Labute approximate surface area is 134 Å². The summed E-state index contributed by atoms with van der Waals surface area (Å²) < 4.78 is 12.2. The molecule has 1 heterocycles. The lowest BCUT2D eigenvalue weighted by Gasteiger charge is -2.07. The summed E-state index contributed by atoms with van der Waals surface area (Å²) in [6.07, 6.45) is 3.27. The van der Waals surface area contributed by atoms with E-state index in [1.807, 2.05) is 48.5 Å². The molecule has 0 saturated heterocycles. The lowest BCUT2D eigenvalue weighted by Crippen LogP contribution is -1.96. The summed E-state index contributed by atoms with van der Waals surface area (Å²) in [5.74, 6) is 2.09. The Kier molecular flexibility index (Phi) is 4.33. The second-order valence-corrected chi connectivity index (χ2v) is 4.72. The van der Waals surface area contributed by atoms with Gasteiger partial charge in [-0.15, -0.1) is 10.2 Å². The number of hydrogen-bond acceptors (Lipinski definition) is 5. The molecule has 0 N–H and O–H groups in total. The van der Waals surface area contributed by atoms with E-state index in [0.717, 1.165) is 16.9 Å². The Morgan fingerprint density at radius 2 is 1.87 bits per heavy atom. The van der Waals surface area contributed by atoms with E-state index in [4.69, 9.17) is 9.47 Å². The van der Waals surface area contributed by atoms with Crippen LogP contribution in [-0.4, -0.2) is 35.3 Å². The molecule has 6 nitrogen and oxygen atoms in total. The third-order valence-electron chi connectivity index (χ3n) is 3.32. The summed E-state index contributed by atoms with van der Waals surface area (Å²) in [6.45, 7) is 0. The van der Waals surface area contributed by atoms with Crippen LogP contribution in [0.4, 0.5) is 0 Å². The van der Waals surface area contributed by atoms with Gasteiger partial charge in [0, 0.05) is 17.2 Å². The number of benzene rings is 2. The molecule has 0 fully saturated rings. The number of nitrogens with zero attached hydrogens (tertiary/aromatic N) is 4. The van der Waals surface area contributed by atoms with Crippen LogP contribution in [-0.2, 0) is 0 Å². The predicted octanol–water partition coefficient (Wildman–Crippen LogP) is 2.84. The highest BCUT2D eigenvalue weighted by atomic mass is 16.5. The fourth-order valence-corrected chi connectivity index (χ4v) is 2.14. The maximum Gasteiger partial charge on any atom is 0.184 e. The molecule has 0 saturated carbocycles. The molecule has 0 radical (unpaired) electrons. The first-order valence-corrected chi connectivity index (χ1v) is 7.03. The molecule has 0 aliphatic heterocycles. The number of rotatable bonds is 5. The lowest BCUT2D eigenvalue weighted by molar-refractivity contribution is 0.394. The topological polar surface area (TPSA) is 61.5 Å². The zero-order valence-electron chi connectivity index (χ0n) is 12.9. The third kappa shape index (κ3) is 3.21. The largest absolute Gasteiger partial charge is 0.497 e. The normalized spacial score (nSPS) is 10.9. The minimum absolute atomic E-state index is 0.675. The van der Waals surface area contributed by atoms with Crippen molar-refractivity contribution in [3.8, 4) is 22.9 Å². The number of methoxy groups -OCH3 is 2. The molecule has 0 aliphatic rings. The molecule has 0 bridgehead atoms. The van der Waals surface area contributed by atoms with E-state index in [1.165, 1.54) is 0 Å². The fourth-order valence-electron chi connectivity index (χ4n) is 2.14. The van der Waals surface area contributed by atoms with E-state index in [9.17, 15) is 0 Å². The van der Waals surface area contributed by atoms with E-state index < -0.39 is 0 Å². The minimum atomic E-state index is 0.675. The molecule has 0 aliphatic carbocycles. The van der Waals surface area contributed by atoms with Gasteiger partial charge in [0.2, 0.25) is 0 Å². The molecule has 116 valence electrons. The molecule has 0 spiro atoms. The first kappa shape index (κ1) is 14.8. The summed E-state index contributed by atoms with van der Waals surface area (Å²) in [6, 6.07) is 15.3. The van der Waals surface area contributed by atoms with Gasteiger partial charge in [0.15, 0.2) is 5.82 Å². The van der Waals surface area contributed by atoms with Crippen LogP contribution in [0.25, 0.3) is 11.4 Å². The van der Waals surface area contributed by atoms with Crippen molar-refractivity contribution >= 4 is 6.21 Å². The Morgan fingerprint density at radius 1 is 1.04 bits per heavy atom. The average Bonchev–Trinajstić information content (AvgIpc) is 3.09. The smallest absolute Gasteiger partial charge is 0.184 e. The van der Waals surface area contributed by atoms with Crippen LogP contribution in [0.2, 0.25) is 0 Å². The van der Waals surface area contributed by atoms with Crippen molar-refractivity contribution < 1.29 is 9.47 Å². The van der Waals surface area contributed by atoms with E-state index in [2.05, 4.69) is 15.3 Å². The molecule has 2 aromatic carbocycles. The predicted molar refractivity (Wildman–Crippen MR) is 88.0 cm³/mol. The molecular formula is C17H16N4O2. The van der Waals surface area contributed by atoms with E-state index >= 15 is 0 Å². The van der Waals surface area contributed by atoms with Crippen molar-refractivity contribution in [2.45, 2.75) is 0 Å². The summed E-state index contributed by atoms with van der Waals surface area (Å²) >= 11 is 0. The van der Waals surface area contributed by atoms with Crippen molar-refractivity contribution in [3.63, 3.8) is 0 Å². The molecule has 3 aromatic rings. The van der Waals surface area contributed by atoms with Gasteiger partial charge in [-0.3, -0.25) is 0 Å². The van der Waals surface area contributed by atoms with Gasteiger partial charge in [-0.25, -0.2) is 0 Å². The summed E-state index contributed by atoms with van der Waals surface area (Å²) in [5, 5.41) is 12.5. The van der Waals surface area contributed by atoms with Gasteiger partial charge in [0.05, 0.1) is 20.4 Å². The van der Waals surface area contributed by atoms with Gasteiger partial charge in [-0.2, -0.15) is 9.78 Å². The van der Waals surface area contributed by atoms with Gasteiger partial charge in [0.25, 0.3) is 0 Å². The first-order valence-electron chi connectivity index (χ1n) is 7.03. The van der Waals surface area contributed by atoms with Crippen molar-refractivity contribution in [1.82, 2.24) is 14.9 Å². The Hall–Kier alpha value is -3.15. The fraction of sp³-hybridized carbons (Fsp3) is 0.118. The number of hydrogen-bond donors (Lipinski definition) is 0. The van der Waals surface area contributed by atoms with Crippen molar-refractivity contribution in [1.29, 1.82) is 0 Å². The summed E-state index contributed by atoms with van der Waals surface area (Å²) in [7, 11) is 3.23. The molecule has 6 heteroatoms. The maximum atomic E-state index is 5.36. The Bertz CT molecular complexity index is 812. The van der Waals surface area contributed by atoms with E-state index in [0.29, 0.717) is 11.6 Å². The minimum Gasteiger partial charge on any atom is -0.497 e. The second-order valence-electron chi connectivity index (χ2n) is 4.72. The van der Waals surface area contributed by atoms with Crippen LogP contribution in [0.15, 0.2) is 60.0 Å². The van der Waals surface area contributed by atoms with Gasteiger partial charge >= 0.3 is 0 Å². The summed E-state index contributed by atoms with van der Waals surface area (Å²) in [4.78, 5) is 0. The second kappa shape index (κ2) is 6.74. The highest BCUT2D eigenvalue weighted by Gasteiger charge is 2.06. The van der Waals surface area contributed by atoms with Crippen LogP contribution < -0.4 is 9.47 Å². The standard InChI is InChI=1S/C17H16N4O2/c1-22-15-9-8-14(16(10-15)23-2)11-19-21-12-18-20-17(21)13-6-4-3-5-7-13/h3-12H,1-2H3/b19-11-.